The van der Waals surface area contributed by atoms with Gasteiger partial charge in [0.15, 0.2) is 0 Å². The number of ether oxygens (including phenoxy) is 1. The van der Waals surface area contributed by atoms with Crippen LogP contribution in [0.5, 0.6) is 0 Å². The Morgan fingerprint density at radius 1 is 1.43 bits per heavy atom. The van der Waals surface area contributed by atoms with E-state index in [0.717, 1.165) is 0 Å². The summed E-state index contributed by atoms with van der Waals surface area (Å²) in [7, 11) is 0. The minimum atomic E-state index is -0.277. The molecule has 1 fully saturated rings. The highest BCUT2D eigenvalue weighted by molar-refractivity contribution is 7.14. The second-order valence-corrected chi connectivity index (χ2v) is 5.59. The number of thiazole rings is 1. The molecule has 21 heavy (non-hydrogen) atoms. The molecule has 0 aliphatic carbocycles. The Balaban J connectivity index is 1.71. The van der Waals surface area contributed by atoms with Gasteiger partial charge in [-0.3, -0.25) is 4.79 Å². The van der Waals surface area contributed by atoms with Gasteiger partial charge in [0.1, 0.15) is 10.9 Å². The van der Waals surface area contributed by atoms with Crippen LogP contribution in [-0.4, -0.2) is 63.3 Å². The van der Waals surface area contributed by atoms with E-state index in [1.54, 1.807) is 11.8 Å². The normalized spacial score (nSPS) is 16.7. The Kier molecular flexibility index (Phi) is 3.74. The summed E-state index contributed by atoms with van der Waals surface area (Å²) >= 11 is 1.31. The Labute approximate surface area is 124 Å². The molecule has 0 saturated carbocycles. The largest absolute Gasteiger partial charge is 0.450 e. The molecule has 112 valence electrons. The van der Waals surface area contributed by atoms with Crippen LogP contribution in [0, 0.1) is 0 Å². The summed E-state index contributed by atoms with van der Waals surface area (Å²) in [6.07, 6.45) is 2.92. The molecule has 0 bridgehead atoms. The fourth-order valence-electron chi connectivity index (χ4n) is 2.18. The van der Waals surface area contributed by atoms with Gasteiger partial charge in [-0.05, 0) is 6.92 Å². The first-order valence-electron chi connectivity index (χ1n) is 6.69. The minimum Gasteiger partial charge on any atom is -0.450 e. The van der Waals surface area contributed by atoms with Crippen molar-refractivity contribution in [3.05, 3.63) is 21.2 Å². The van der Waals surface area contributed by atoms with Crippen molar-refractivity contribution >= 4 is 28.6 Å². The van der Waals surface area contributed by atoms with Crippen molar-refractivity contribution in [3.63, 3.8) is 0 Å². The lowest BCUT2D eigenvalue weighted by Gasteiger charge is -2.33. The van der Waals surface area contributed by atoms with Crippen LogP contribution in [0.2, 0.25) is 0 Å². The highest BCUT2D eigenvalue weighted by Crippen LogP contribution is 2.05. The van der Waals surface area contributed by atoms with E-state index in [4.69, 9.17) is 4.74 Å². The molecule has 2 aromatic heterocycles. The van der Waals surface area contributed by atoms with E-state index in [0.29, 0.717) is 42.3 Å². The third kappa shape index (κ3) is 2.68. The molecule has 1 amide bonds. The Morgan fingerprint density at radius 2 is 2.19 bits per heavy atom. The van der Waals surface area contributed by atoms with Crippen molar-refractivity contribution in [1.82, 2.24) is 24.4 Å². The second kappa shape index (κ2) is 5.68. The predicted octanol–water partition coefficient (Wildman–Crippen LogP) is -0.618. The van der Waals surface area contributed by atoms with Crippen LogP contribution in [0.3, 0.4) is 0 Å². The maximum atomic E-state index is 12.0. The zero-order valence-corrected chi connectivity index (χ0v) is 12.4. The van der Waals surface area contributed by atoms with Crippen molar-refractivity contribution in [2.75, 3.05) is 32.8 Å². The summed E-state index contributed by atoms with van der Waals surface area (Å²) in [5.74, 6) is 0. The van der Waals surface area contributed by atoms with Gasteiger partial charge in [0, 0.05) is 32.4 Å². The van der Waals surface area contributed by atoms with Crippen LogP contribution < -0.4 is 10.1 Å². The lowest BCUT2D eigenvalue weighted by atomic mass is 10.3. The van der Waals surface area contributed by atoms with Gasteiger partial charge < -0.3 is 14.5 Å². The molecule has 3 rings (SSSR count). The van der Waals surface area contributed by atoms with Gasteiger partial charge in [-0.1, -0.05) is 11.3 Å². The second-order valence-electron chi connectivity index (χ2n) is 4.58. The van der Waals surface area contributed by atoms with Crippen LogP contribution in [0.1, 0.15) is 6.92 Å². The average Bonchev–Trinajstić information content (AvgIpc) is 3.04. The number of hydrogen-bond donors (Lipinski definition) is 0. The molecule has 8 nitrogen and oxygen atoms in total. The molecule has 1 saturated heterocycles. The number of nitrogens with zero attached hydrogens (tertiary/aromatic N) is 5. The highest BCUT2D eigenvalue weighted by atomic mass is 32.1. The van der Waals surface area contributed by atoms with E-state index < -0.39 is 0 Å². The van der Waals surface area contributed by atoms with Crippen LogP contribution >= 0.6 is 11.3 Å². The molecule has 3 heterocycles. The third-order valence-corrected chi connectivity index (χ3v) is 4.22. The Hall–Kier alpha value is -2.16. The molecule has 0 aromatic carbocycles. The molecule has 0 atom stereocenters. The lowest BCUT2D eigenvalue weighted by molar-refractivity contribution is 0.0914. The molecule has 1 aliphatic rings. The van der Waals surface area contributed by atoms with Crippen molar-refractivity contribution in [1.29, 1.82) is 0 Å². The van der Waals surface area contributed by atoms with Gasteiger partial charge >= 0.3 is 6.09 Å². The summed E-state index contributed by atoms with van der Waals surface area (Å²) in [6, 6.07) is 0. The van der Waals surface area contributed by atoms with Crippen LogP contribution in [0.4, 0.5) is 4.79 Å². The van der Waals surface area contributed by atoms with Crippen molar-refractivity contribution in [2.24, 2.45) is 0 Å². The van der Waals surface area contributed by atoms with Gasteiger partial charge in [0.25, 0.3) is 5.56 Å². The number of carbonyl (C=O) groups excluding carboxylic acids is 1. The van der Waals surface area contributed by atoms with Crippen molar-refractivity contribution < 1.29 is 9.53 Å². The van der Waals surface area contributed by atoms with Gasteiger partial charge in [-0.25, -0.2) is 9.78 Å². The summed E-state index contributed by atoms with van der Waals surface area (Å²) in [4.78, 5) is 32.0. The van der Waals surface area contributed by atoms with Gasteiger partial charge in [-0.15, -0.1) is 0 Å². The first-order chi connectivity index (χ1) is 10.2. The fraction of sp³-hybridized carbons (Fsp3) is 0.500. The molecule has 0 spiro atoms. The highest BCUT2D eigenvalue weighted by Gasteiger charge is 2.20. The zero-order chi connectivity index (χ0) is 14.8. The third-order valence-electron chi connectivity index (χ3n) is 3.26. The predicted molar refractivity (Wildman–Crippen MR) is 77.0 cm³/mol. The van der Waals surface area contributed by atoms with Gasteiger partial charge in [0.2, 0.25) is 4.96 Å². The summed E-state index contributed by atoms with van der Waals surface area (Å²) in [6.45, 7) is 4.69. The maximum Gasteiger partial charge on any atom is 0.409 e. The molecule has 0 N–H and O–H groups in total. The molecular formula is C12H15N5O3S. The summed E-state index contributed by atoms with van der Waals surface area (Å²) < 4.78 is 6.88. The van der Waals surface area contributed by atoms with E-state index in [2.05, 4.69) is 10.1 Å². The first-order valence-corrected chi connectivity index (χ1v) is 7.51. The number of rotatable bonds is 2. The summed E-state index contributed by atoms with van der Waals surface area (Å²) in [5.41, 5.74) is -0.152. The summed E-state index contributed by atoms with van der Waals surface area (Å²) in [5, 5.41) is 3.88. The molecule has 0 radical (unpaired) electrons. The van der Waals surface area contributed by atoms with E-state index in [1.807, 2.05) is 11.1 Å². The standard InChI is InChI=1S/C12H15N5O3S/c1-2-20-12(19)16-5-3-15(4-6-16)7-9-10(18)17-11(21-9)13-8-14-17/h7-8H,2-6H2,1H3/b9-7-. The number of hydrogen-bond acceptors (Lipinski definition) is 7. The van der Waals surface area contributed by atoms with Gasteiger partial charge in [0.05, 0.1) is 6.61 Å². The quantitative estimate of drug-likeness (QED) is 0.736. The van der Waals surface area contributed by atoms with Gasteiger partial charge in [-0.2, -0.15) is 9.61 Å². The lowest BCUT2D eigenvalue weighted by Crippen LogP contribution is -2.47. The smallest absolute Gasteiger partial charge is 0.409 e. The topological polar surface area (TPSA) is 80.0 Å². The van der Waals surface area contributed by atoms with E-state index in [-0.39, 0.29) is 11.7 Å². The molecule has 9 heteroatoms. The molecule has 1 aliphatic heterocycles. The van der Waals surface area contributed by atoms with Crippen LogP contribution in [-0.2, 0) is 4.74 Å². The zero-order valence-electron chi connectivity index (χ0n) is 11.6. The van der Waals surface area contributed by atoms with E-state index in [9.17, 15) is 9.59 Å². The van der Waals surface area contributed by atoms with Crippen molar-refractivity contribution in [2.45, 2.75) is 6.92 Å². The molecular weight excluding hydrogens is 294 g/mol. The SMILES string of the molecule is CCOC(=O)N1CCN(/C=c2\sc3ncnn3c2=O)CC1. The number of amides is 1. The molecule has 0 unspecified atom stereocenters. The number of fused-ring (bicyclic) bond motifs is 1. The van der Waals surface area contributed by atoms with Crippen LogP contribution in [0.15, 0.2) is 11.1 Å². The van der Waals surface area contributed by atoms with Crippen LogP contribution in [0.25, 0.3) is 11.2 Å². The molecule has 2 aromatic rings. The Bertz CT molecular complexity index is 747. The monoisotopic (exact) mass is 309 g/mol. The van der Waals surface area contributed by atoms with Crippen molar-refractivity contribution in [3.8, 4) is 0 Å². The first kappa shape index (κ1) is 13.8. The maximum absolute atomic E-state index is 12.0. The Morgan fingerprint density at radius 3 is 2.86 bits per heavy atom. The van der Waals surface area contributed by atoms with E-state index >= 15 is 0 Å². The fourth-order valence-corrected chi connectivity index (χ4v) is 3.07. The van der Waals surface area contributed by atoms with E-state index in [1.165, 1.54) is 22.2 Å². The number of aromatic nitrogens is 3. The average molecular weight is 309 g/mol. The number of piperazine rings is 1. The number of carbonyl (C=O) groups is 1. The minimum absolute atomic E-state index is 0.152.